The number of aromatic amines is 1. The van der Waals surface area contributed by atoms with Gasteiger partial charge in [-0.05, 0) is 34.0 Å². The van der Waals surface area contributed by atoms with E-state index in [0.29, 0.717) is 31.3 Å². The van der Waals surface area contributed by atoms with E-state index in [4.69, 9.17) is 9.47 Å². The van der Waals surface area contributed by atoms with Gasteiger partial charge in [-0.2, -0.15) is 10.2 Å². The summed E-state index contributed by atoms with van der Waals surface area (Å²) in [5, 5.41) is 17.5. The minimum absolute atomic E-state index is 0.151. The van der Waals surface area contributed by atoms with Crippen LogP contribution in [0, 0.1) is 17.2 Å². The van der Waals surface area contributed by atoms with Crippen molar-refractivity contribution in [1.82, 2.24) is 9.97 Å². The molecule has 36 heavy (non-hydrogen) atoms. The van der Waals surface area contributed by atoms with E-state index in [1.54, 1.807) is 0 Å². The van der Waals surface area contributed by atoms with Crippen LogP contribution in [0.4, 0.5) is 11.8 Å². The molecule has 9 heteroatoms. The summed E-state index contributed by atoms with van der Waals surface area (Å²) in [5.41, 5.74) is 1.49. The Morgan fingerprint density at radius 1 is 1.03 bits per heavy atom. The Morgan fingerprint density at radius 3 is 2.69 bits per heavy atom. The predicted molar refractivity (Wildman–Crippen MR) is 133 cm³/mol. The Balaban J connectivity index is 1.37. The minimum atomic E-state index is -1.07. The maximum Gasteiger partial charge on any atom is 0.258 e. The van der Waals surface area contributed by atoms with Crippen molar-refractivity contribution < 1.29 is 14.3 Å². The summed E-state index contributed by atoms with van der Waals surface area (Å²) in [4.78, 5) is 33.5. The summed E-state index contributed by atoms with van der Waals surface area (Å²) in [6, 6.07) is 21.1. The fraction of sp³-hybridized carbons (Fsp3) is 0.185. The van der Waals surface area contributed by atoms with Crippen molar-refractivity contribution in [1.29, 1.82) is 5.26 Å². The zero-order chi connectivity index (χ0) is 24.6. The lowest BCUT2D eigenvalue weighted by atomic mass is 9.77. The topological polar surface area (TPSA) is 129 Å². The lowest BCUT2D eigenvalue weighted by Crippen LogP contribution is -2.38. The molecule has 0 saturated carbocycles. The number of carbonyl (C=O) groups excluding carboxylic acids is 1. The summed E-state index contributed by atoms with van der Waals surface area (Å²) < 4.78 is 11.2. The van der Waals surface area contributed by atoms with Crippen LogP contribution in [0.15, 0.2) is 65.5 Å². The number of benzene rings is 3. The fourth-order valence-corrected chi connectivity index (χ4v) is 4.84. The molecule has 0 spiro atoms. The lowest BCUT2D eigenvalue weighted by molar-refractivity contribution is -0.119. The van der Waals surface area contributed by atoms with Gasteiger partial charge < -0.3 is 20.1 Å². The first-order valence-electron chi connectivity index (χ1n) is 11.6. The molecule has 9 nitrogen and oxygen atoms in total. The number of amides is 1. The fourth-order valence-electron chi connectivity index (χ4n) is 4.84. The molecule has 2 unspecified atom stereocenters. The molecule has 2 aliphatic heterocycles. The first kappa shape index (κ1) is 21.7. The highest BCUT2D eigenvalue weighted by atomic mass is 16.6. The minimum Gasteiger partial charge on any atom is -0.486 e. The molecule has 0 aliphatic carbocycles. The van der Waals surface area contributed by atoms with Gasteiger partial charge >= 0.3 is 0 Å². The van der Waals surface area contributed by atoms with Gasteiger partial charge in [0.2, 0.25) is 11.9 Å². The quantitative estimate of drug-likeness (QED) is 0.408. The molecule has 3 aromatic carbocycles. The molecular formula is C27H21N5O4. The highest BCUT2D eigenvalue weighted by molar-refractivity contribution is 5.99. The van der Waals surface area contributed by atoms with Crippen molar-refractivity contribution in [3.8, 4) is 17.6 Å². The second-order valence-electron chi connectivity index (χ2n) is 8.65. The van der Waals surface area contributed by atoms with E-state index in [1.807, 2.05) is 60.7 Å². The Kier molecular flexibility index (Phi) is 5.26. The van der Waals surface area contributed by atoms with Crippen molar-refractivity contribution in [2.24, 2.45) is 5.92 Å². The third kappa shape index (κ3) is 3.69. The number of H-pyrrole nitrogens is 1. The summed E-state index contributed by atoms with van der Waals surface area (Å²) >= 11 is 0. The summed E-state index contributed by atoms with van der Waals surface area (Å²) in [6.45, 7) is 1.37. The van der Waals surface area contributed by atoms with E-state index in [-0.39, 0.29) is 17.3 Å². The average Bonchev–Trinajstić information content (AvgIpc) is 2.90. The Labute approximate surface area is 205 Å². The highest BCUT2D eigenvalue weighted by Gasteiger charge is 2.40. The van der Waals surface area contributed by atoms with Crippen molar-refractivity contribution in [2.75, 3.05) is 23.8 Å². The van der Waals surface area contributed by atoms with Crippen molar-refractivity contribution in [2.45, 2.75) is 12.5 Å². The number of fused-ring (bicyclic) bond motifs is 3. The number of nitrogens with one attached hydrogen (secondary N) is 3. The van der Waals surface area contributed by atoms with E-state index >= 15 is 0 Å². The molecule has 4 aromatic rings. The number of nitrogens with zero attached hydrogens (tertiary/aromatic N) is 2. The zero-order valence-corrected chi connectivity index (χ0v) is 19.1. The Bertz CT molecular complexity index is 1600. The molecule has 3 N–H and O–H groups in total. The van der Waals surface area contributed by atoms with E-state index < -0.39 is 23.3 Å². The van der Waals surface area contributed by atoms with Gasteiger partial charge in [0.25, 0.3) is 5.56 Å². The van der Waals surface area contributed by atoms with Crippen LogP contribution in [0.25, 0.3) is 10.8 Å². The SMILES string of the molecule is N#CC1C(=O)Nc2nc(NCc3ccc4c(c3)OCCO4)[nH]c(=O)c2C1c1cccc2ccccc12. The zero-order valence-electron chi connectivity index (χ0n) is 19.1. The number of hydrogen-bond donors (Lipinski definition) is 3. The molecule has 1 aromatic heterocycles. The number of nitriles is 1. The monoisotopic (exact) mass is 479 g/mol. The molecular weight excluding hydrogens is 458 g/mol. The predicted octanol–water partition coefficient (Wildman–Crippen LogP) is 3.53. The maximum atomic E-state index is 13.3. The van der Waals surface area contributed by atoms with E-state index in [0.717, 1.165) is 21.9 Å². The van der Waals surface area contributed by atoms with E-state index in [1.165, 1.54) is 0 Å². The third-order valence-electron chi connectivity index (χ3n) is 6.49. The Morgan fingerprint density at radius 2 is 1.83 bits per heavy atom. The van der Waals surface area contributed by atoms with Gasteiger partial charge in [-0.25, -0.2) is 0 Å². The van der Waals surface area contributed by atoms with Gasteiger partial charge in [0.1, 0.15) is 24.9 Å². The number of ether oxygens (including phenoxy) is 2. The molecule has 1 amide bonds. The second-order valence-corrected chi connectivity index (χ2v) is 8.65. The van der Waals surface area contributed by atoms with E-state index in [2.05, 4.69) is 26.7 Å². The number of carbonyl (C=O) groups is 1. The van der Waals surface area contributed by atoms with Crippen LogP contribution in [0.1, 0.15) is 22.6 Å². The highest BCUT2D eigenvalue weighted by Crippen LogP contribution is 2.40. The second kappa shape index (κ2) is 8.74. The molecule has 0 saturated heterocycles. The first-order chi connectivity index (χ1) is 17.6. The molecule has 178 valence electrons. The molecule has 0 radical (unpaired) electrons. The van der Waals surface area contributed by atoms with Crippen molar-refractivity contribution in [3.05, 3.63) is 87.7 Å². The van der Waals surface area contributed by atoms with Crippen LogP contribution < -0.4 is 25.7 Å². The van der Waals surface area contributed by atoms with E-state index in [9.17, 15) is 14.9 Å². The van der Waals surface area contributed by atoms with Crippen LogP contribution in [-0.4, -0.2) is 29.1 Å². The summed E-state index contributed by atoms with van der Waals surface area (Å²) in [6.07, 6.45) is 0. The van der Waals surface area contributed by atoms with Crippen LogP contribution in [-0.2, 0) is 11.3 Å². The number of hydrogen-bond acceptors (Lipinski definition) is 7. The van der Waals surface area contributed by atoms with Crippen LogP contribution in [0.5, 0.6) is 11.5 Å². The normalized spacial score (nSPS) is 18.1. The number of aromatic nitrogens is 2. The number of rotatable bonds is 4. The molecule has 3 heterocycles. The molecule has 0 bridgehead atoms. The van der Waals surface area contributed by atoms with Gasteiger partial charge in [0.15, 0.2) is 11.5 Å². The molecule has 2 aliphatic rings. The molecule has 0 fully saturated rings. The van der Waals surface area contributed by atoms with Crippen molar-refractivity contribution >= 4 is 28.4 Å². The largest absolute Gasteiger partial charge is 0.486 e. The van der Waals surface area contributed by atoms with Crippen molar-refractivity contribution in [3.63, 3.8) is 0 Å². The standard InChI is InChI=1S/C27H21N5O4/c28-13-19-22(18-7-3-5-16-4-1-2-6-17(16)18)23-24(30-25(19)33)31-27(32-26(23)34)29-14-15-8-9-20-21(12-15)36-11-10-35-20/h1-9,12,19,22H,10-11,14H2,(H3,29,30,31,32,33,34). The molecule has 2 atom stereocenters. The maximum absolute atomic E-state index is 13.3. The first-order valence-corrected chi connectivity index (χ1v) is 11.6. The third-order valence-corrected chi connectivity index (χ3v) is 6.49. The van der Waals surface area contributed by atoms with Gasteiger partial charge in [-0.1, -0.05) is 48.5 Å². The van der Waals surface area contributed by atoms with Crippen LogP contribution in [0.2, 0.25) is 0 Å². The number of anilines is 2. The Hall–Kier alpha value is -4.84. The summed E-state index contributed by atoms with van der Waals surface area (Å²) in [5.74, 6) is -0.590. The van der Waals surface area contributed by atoms with Crippen LogP contribution in [0.3, 0.4) is 0 Å². The van der Waals surface area contributed by atoms with Gasteiger partial charge in [0, 0.05) is 12.5 Å². The lowest BCUT2D eigenvalue weighted by Gasteiger charge is -2.29. The van der Waals surface area contributed by atoms with Gasteiger partial charge in [0.05, 0.1) is 11.6 Å². The van der Waals surface area contributed by atoms with Crippen LogP contribution >= 0.6 is 0 Å². The van der Waals surface area contributed by atoms with Gasteiger partial charge in [-0.15, -0.1) is 0 Å². The molecule has 6 rings (SSSR count). The smallest absolute Gasteiger partial charge is 0.258 e. The van der Waals surface area contributed by atoms with Gasteiger partial charge in [-0.3, -0.25) is 14.6 Å². The summed E-state index contributed by atoms with van der Waals surface area (Å²) in [7, 11) is 0. The average molecular weight is 479 g/mol.